The minimum atomic E-state index is -3.69. The summed E-state index contributed by atoms with van der Waals surface area (Å²) in [5.74, 6) is 0.507. The Morgan fingerprint density at radius 3 is 2.64 bits per heavy atom. The second-order valence-electron chi connectivity index (χ2n) is 6.58. The van der Waals surface area contributed by atoms with Gasteiger partial charge in [0.1, 0.15) is 5.82 Å². The number of anilines is 2. The van der Waals surface area contributed by atoms with E-state index in [0.29, 0.717) is 5.69 Å². The molecule has 148 valence electrons. The molecule has 0 unspecified atom stereocenters. The number of sulfonamides is 1. The molecule has 3 rings (SSSR count). The maximum atomic E-state index is 12.5. The van der Waals surface area contributed by atoms with Crippen LogP contribution >= 0.6 is 0 Å². The summed E-state index contributed by atoms with van der Waals surface area (Å²) in [5, 5.41) is 2.76. The van der Waals surface area contributed by atoms with Crippen LogP contribution in [0.2, 0.25) is 0 Å². The van der Waals surface area contributed by atoms with Gasteiger partial charge in [-0.2, -0.15) is 0 Å². The lowest BCUT2D eigenvalue weighted by Crippen LogP contribution is -2.30. The van der Waals surface area contributed by atoms with Crippen molar-refractivity contribution >= 4 is 27.4 Å². The average molecular weight is 401 g/mol. The zero-order chi connectivity index (χ0) is 20.0. The van der Waals surface area contributed by atoms with Gasteiger partial charge in [-0.3, -0.25) is 4.79 Å². The van der Waals surface area contributed by atoms with Gasteiger partial charge in [-0.05, 0) is 49.6 Å². The number of carbonyl (C=O) groups excluding carboxylic acids is 1. The molecule has 7 nitrogen and oxygen atoms in total. The molecular weight excluding hydrogens is 376 g/mol. The molecule has 0 aliphatic carbocycles. The lowest BCUT2D eigenvalue weighted by atomic mass is 10.1. The third-order valence-corrected chi connectivity index (χ3v) is 5.93. The predicted molar refractivity (Wildman–Crippen MR) is 110 cm³/mol. The molecule has 1 aromatic carbocycles. The highest BCUT2D eigenvalue weighted by atomic mass is 32.2. The van der Waals surface area contributed by atoms with Gasteiger partial charge < -0.3 is 10.2 Å². The quantitative estimate of drug-likeness (QED) is 0.698. The van der Waals surface area contributed by atoms with E-state index < -0.39 is 15.9 Å². The molecule has 8 heteroatoms. The number of carbonyl (C=O) groups is 1. The van der Waals surface area contributed by atoms with Crippen molar-refractivity contribution in [3.05, 3.63) is 60.8 Å². The van der Waals surface area contributed by atoms with E-state index in [1.54, 1.807) is 18.3 Å². The summed E-state index contributed by atoms with van der Waals surface area (Å²) in [4.78, 5) is 19.2. The third kappa shape index (κ3) is 4.96. The number of rotatable bonds is 7. The highest BCUT2D eigenvalue weighted by molar-refractivity contribution is 7.89. The van der Waals surface area contributed by atoms with Crippen molar-refractivity contribution in [2.24, 2.45) is 0 Å². The number of piperidine rings is 1. The lowest BCUT2D eigenvalue weighted by Gasteiger charge is -2.27. The zero-order valence-corrected chi connectivity index (χ0v) is 16.4. The van der Waals surface area contributed by atoms with Crippen LogP contribution in [0.5, 0.6) is 0 Å². The van der Waals surface area contributed by atoms with Crippen LogP contribution in [0, 0.1) is 0 Å². The van der Waals surface area contributed by atoms with Gasteiger partial charge in [0.25, 0.3) is 5.91 Å². The van der Waals surface area contributed by atoms with E-state index in [9.17, 15) is 13.2 Å². The van der Waals surface area contributed by atoms with Crippen LogP contribution in [-0.2, 0) is 10.0 Å². The highest BCUT2D eigenvalue weighted by Gasteiger charge is 2.16. The fourth-order valence-corrected chi connectivity index (χ4v) is 4.07. The third-order valence-electron chi connectivity index (χ3n) is 4.51. The van der Waals surface area contributed by atoms with E-state index in [2.05, 4.69) is 26.5 Å². The molecule has 0 spiro atoms. The monoisotopic (exact) mass is 400 g/mol. The first-order valence-electron chi connectivity index (χ1n) is 9.22. The molecule has 0 saturated carbocycles. The number of hydrogen-bond acceptors (Lipinski definition) is 5. The Labute approximate surface area is 165 Å². The van der Waals surface area contributed by atoms with Crippen molar-refractivity contribution in [2.45, 2.75) is 24.2 Å². The standard InChI is InChI=1S/C20H24N4O3S/c1-2-11-22-28(26,27)18-8-6-7-16(14-18)20(25)23-17-9-10-19(21-15-17)24-12-4-3-5-13-24/h2,6-10,14-15,22H,1,3-5,11-13H2,(H,23,25). The zero-order valence-electron chi connectivity index (χ0n) is 15.6. The van der Waals surface area contributed by atoms with Gasteiger partial charge in [0.2, 0.25) is 10.0 Å². The maximum Gasteiger partial charge on any atom is 0.255 e. The van der Waals surface area contributed by atoms with Gasteiger partial charge in [-0.15, -0.1) is 6.58 Å². The molecule has 28 heavy (non-hydrogen) atoms. The van der Waals surface area contributed by atoms with Gasteiger partial charge >= 0.3 is 0 Å². The lowest BCUT2D eigenvalue weighted by molar-refractivity contribution is 0.102. The predicted octanol–water partition coefficient (Wildman–Crippen LogP) is 2.79. The van der Waals surface area contributed by atoms with Crippen LogP contribution in [0.4, 0.5) is 11.5 Å². The van der Waals surface area contributed by atoms with E-state index >= 15 is 0 Å². The van der Waals surface area contributed by atoms with Crippen LogP contribution in [-0.4, -0.2) is 38.9 Å². The molecule has 1 amide bonds. The Kier molecular flexibility index (Phi) is 6.43. The van der Waals surface area contributed by atoms with Crippen molar-refractivity contribution in [1.29, 1.82) is 0 Å². The van der Waals surface area contributed by atoms with Gasteiger partial charge in [-0.1, -0.05) is 12.1 Å². The highest BCUT2D eigenvalue weighted by Crippen LogP contribution is 2.19. The van der Waals surface area contributed by atoms with E-state index in [1.807, 2.05) is 6.07 Å². The van der Waals surface area contributed by atoms with Crippen LogP contribution < -0.4 is 14.9 Å². The van der Waals surface area contributed by atoms with Crippen LogP contribution in [0.25, 0.3) is 0 Å². The molecule has 0 atom stereocenters. The molecule has 2 aromatic rings. The number of nitrogens with one attached hydrogen (secondary N) is 2. The van der Waals surface area contributed by atoms with Crippen LogP contribution in [0.15, 0.2) is 60.1 Å². The smallest absolute Gasteiger partial charge is 0.255 e. The molecule has 1 aliphatic heterocycles. The molecule has 0 bridgehead atoms. The molecule has 0 radical (unpaired) electrons. The number of aromatic nitrogens is 1. The summed E-state index contributed by atoms with van der Waals surface area (Å²) in [6, 6.07) is 9.59. The van der Waals surface area contributed by atoms with Crippen LogP contribution in [0.3, 0.4) is 0 Å². The van der Waals surface area contributed by atoms with Gasteiger partial charge in [-0.25, -0.2) is 18.1 Å². The van der Waals surface area contributed by atoms with Gasteiger partial charge in [0, 0.05) is 25.2 Å². The number of hydrogen-bond donors (Lipinski definition) is 2. The molecule has 2 N–H and O–H groups in total. The Morgan fingerprint density at radius 1 is 1.18 bits per heavy atom. The van der Waals surface area contributed by atoms with Crippen LogP contribution in [0.1, 0.15) is 29.6 Å². The van der Waals surface area contributed by atoms with Crippen molar-refractivity contribution in [3.8, 4) is 0 Å². The van der Waals surface area contributed by atoms with Crippen molar-refractivity contribution in [3.63, 3.8) is 0 Å². The van der Waals surface area contributed by atoms with Crippen molar-refractivity contribution < 1.29 is 13.2 Å². The first kappa shape index (κ1) is 20.0. The molecule has 1 aliphatic rings. The summed E-state index contributed by atoms with van der Waals surface area (Å²) in [7, 11) is -3.69. The van der Waals surface area contributed by atoms with E-state index in [0.717, 1.165) is 18.9 Å². The van der Waals surface area contributed by atoms with E-state index in [-0.39, 0.29) is 17.0 Å². The van der Waals surface area contributed by atoms with Gasteiger partial charge in [0.15, 0.2) is 0 Å². The molecular formula is C20H24N4O3S. The number of nitrogens with zero attached hydrogens (tertiary/aromatic N) is 2. The van der Waals surface area contributed by atoms with Crippen molar-refractivity contribution in [2.75, 3.05) is 29.9 Å². The normalized spacial score (nSPS) is 14.5. The van der Waals surface area contributed by atoms with E-state index in [1.165, 1.54) is 43.5 Å². The minimum absolute atomic E-state index is 0.0283. The fourth-order valence-electron chi connectivity index (χ4n) is 3.03. The summed E-state index contributed by atoms with van der Waals surface area (Å²) in [5.41, 5.74) is 0.811. The first-order chi connectivity index (χ1) is 13.5. The Morgan fingerprint density at radius 2 is 1.96 bits per heavy atom. The summed E-state index contributed by atoms with van der Waals surface area (Å²) in [6.07, 6.45) is 6.66. The molecule has 1 fully saturated rings. The summed E-state index contributed by atoms with van der Waals surface area (Å²) in [6.45, 7) is 5.60. The van der Waals surface area contributed by atoms with Crippen molar-refractivity contribution in [1.82, 2.24) is 9.71 Å². The number of pyridine rings is 1. The summed E-state index contributed by atoms with van der Waals surface area (Å²) < 4.78 is 26.8. The molecule has 1 aromatic heterocycles. The fraction of sp³-hybridized carbons (Fsp3) is 0.300. The molecule has 2 heterocycles. The largest absolute Gasteiger partial charge is 0.357 e. The number of benzene rings is 1. The topological polar surface area (TPSA) is 91.4 Å². The van der Waals surface area contributed by atoms with Gasteiger partial charge in [0.05, 0.1) is 16.8 Å². The van der Waals surface area contributed by atoms with E-state index in [4.69, 9.17) is 0 Å². The Bertz CT molecular complexity index is 936. The summed E-state index contributed by atoms with van der Waals surface area (Å²) >= 11 is 0. The first-order valence-corrected chi connectivity index (χ1v) is 10.7. The Balaban J connectivity index is 1.69. The second-order valence-corrected chi connectivity index (χ2v) is 8.34. The second kappa shape index (κ2) is 8.99. The maximum absolute atomic E-state index is 12.5. The molecule has 1 saturated heterocycles. The SMILES string of the molecule is C=CCNS(=O)(=O)c1cccc(C(=O)Nc2ccc(N3CCCCC3)nc2)c1. The average Bonchev–Trinajstić information content (AvgIpc) is 2.73. The number of amides is 1. The minimum Gasteiger partial charge on any atom is -0.357 e. The Hall–Kier alpha value is -2.71.